The van der Waals surface area contributed by atoms with Crippen molar-refractivity contribution in [2.24, 2.45) is 0 Å². The van der Waals surface area contributed by atoms with Crippen LogP contribution in [0.3, 0.4) is 0 Å². The summed E-state index contributed by atoms with van der Waals surface area (Å²) in [5.74, 6) is -0.299. The summed E-state index contributed by atoms with van der Waals surface area (Å²) in [4.78, 5) is 24.9. The van der Waals surface area contributed by atoms with E-state index in [0.29, 0.717) is 5.69 Å². The molecule has 0 aromatic carbocycles. The molecule has 0 aliphatic rings. The van der Waals surface area contributed by atoms with Crippen molar-refractivity contribution in [3.05, 3.63) is 12.4 Å². The van der Waals surface area contributed by atoms with E-state index in [1.165, 1.54) is 11.9 Å². The highest BCUT2D eigenvalue weighted by Crippen LogP contribution is 2.11. The SMILES string of the molecule is CC(C)n1cc(NC(=O)CN(C)C(=O)OC(C)(C)C)cn1. The van der Waals surface area contributed by atoms with E-state index in [9.17, 15) is 9.59 Å². The molecule has 0 fully saturated rings. The summed E-state index contributed by atoms with van der Waals surface area (Å²) in [6.45, 7) is 9.24. The number of amides is 2. The molecule has 0 saturated heterocycles. The number of carbonyl (C=O) groups is 2. The minimum absolute atomic E-state index is 0.0816. The first kappa shape index (κ1) is 17.0. The molecular formula is C14H24N4O3. The molecule has 0 bridgehead atoms. The average Bonchev–Trinajstić information content (AvgIpc) is 2.74. The van der Waals surface area contributed by atoms with Crippen molar-refractivity contribution in [1.82, 2.24) is 14.7 Å². The summed E-state index contributed by atoms with van der Waals surface area (Å²) in [5.41, 5.74) is 0.0199. The van der Waals surface area contributed by atoms with Crippen LogP contribution in [0.25, 0.3) is 0 Å². The highest BCUT2D eigenvalue weighted by molar-refractivity contribution is 5.93. The predicted molar refractivity (Wildman–Crippen MR) is 80.1 cm³/mol. The van der Waals surface area contributed by atoms with Gasteiger partial charge in [-0.05, 0) is 34.6 Å². The molecule has 0 spiro atoms. The maximum absolute atomic E-state index is 11.9. The van der Waals surface area contributed by atoms with Gasteiger partial charge in [0.15, 0.2) is 0 Å². The fraction of sp³-hybridized carbons (Fsp3) is 0.643. The Bertz CT molecular complexity index is 503. The number of aromatic nitrogens is 2. The molecular weight excluding hydrogens is 272 g/mol. The van der Waals surface area contributed by atoms with E-state index in [0.717, 1.165) is 0 Å². The molecule has 0 atom stereocenters. The topological polar surface area (TPSA) is 76.5 Å². The largest absolute Gasteiger partial charge is 0.444 e. The van der Waals surface area contributed by atoms with E-state index in [1.807, 2.05) is 13.8 Å². The highest BCUT2D eigenvalue weighted by Gasteiger charge is 2.21. The fourth-order valence-corrected chi connectivity index (χ4v) is 1.51. The van der Waals surface area contributed by atoms with Crippen LogP contribution < -0.4 is 5.32 Å². The van der Waals surface area contributed by atoms with Crippen molar-refractivity contribution in [2.45, 2.75) is 46.3 Å². The minimum atomic E-state index is -0.583. The Kier molecular flexibility index (Phi) is 5.34. The number of carbonyl (C=O) groups excluding carboxylic acids is 2. The average molecular weight is 296 g/mol. The van der Waals surface area contributed by atoms with Crippen molar-refractivity contribution in [1.29, 1.82) is 0 Å². The summed E-state index contributed by atoms with van der Waals surface area (Å²) in [7, 11) is 1.52. The van der Waals surface area contributed by atoms with E-state index in [1.54, 1.807) is 37.8 Å². The van der Waals surface area contributed by atoms with Gasteiger partial charge in [0.1, 0.15) is 12.1 Å². The Morgan fingerprint density at radius 2 is 2.05 bits per heavy atom. The first-order chi connectivity index (χ1) is 9.58. The molecule has 118 valence electrons. The third-order valence-corrected chi connectivity index (χ3v) is 2.50. The third kappa shape index (κ3) is 5.85. The van der Waals surface area contributed by atoms with Crippen molar-refractivity contribution < 1.29 is 14.3 Å². The Balaban J connectivity index is 2.51. The van der Waals surface area contributed by atoms with Gasteiger partial charge in [-0.3, -0.25) is 9.48 Å². The highest BCUT2D eigenvalue weighted by atomic mass is 16.6. The molecule has 0 unspecified atom stereocenters. The quantitative estimate of drug-likeness (QED) is 0.924. The lowest BCUT2D eigenvalue weighted by Crippen LogP contribution is -2.38. The van der Waals surface area contributed by atoms with Gasteiger partial charge in [0.05, 0.1) is 11.9 Å². The van der Waals surface area contributed by atoms with Gasteiger partial charge in [0.2, 0.25) is 5.91 Å². The third-order valence-electron chi connectivity index (χ3n) is 2.50. The molecule has 1 N–H and O–H groups in total. The molecule has 1 aromatic rings. The van der Waals surface area contributed by atoms with Crippen LogP contribution in [-0.4, -0.2) is 45.9 Å². The number of likely N-dealkylation sites (N-methyl/N-ethyl adjacent to an activating group) is 1. The van der Waals surface area contributed by atoms with Gasteiger partial charge < -0.3 is 15.0 Å². The maximum Gasteiger partial charge on any atom is 0.410 e. The van der Waals surface area contributed by atoms with Crippen LogP contribution in [0.5, 0.6) is 0 Å². The first-order valence-corrected chi connectivity index (χ1v) is 6.86. The number of hydrogen-bond acceptors (Lipinski definition) is 4. The van der Waals surface area contributed by atoms with Crippen molar-refractivity contribution in [3.8, 4) is 0 Å². The van der Waals surface area contributed by atoms with E-state index in [-0.39, 0.29) is 18.5 Å². The molecule has 0 saturated carbocycles. The zero-order valence-electron chi connectivity index (χ0n) is 13.5. The second-order valence-electron chi connectivity index (χ2n) is 6.19. The van der Waals surface area contributed by atoms with Crippen LogP contribution in [0, 0.1) is 0 Å². The van der Waals surface area contributed by atoms with Gasteiger partial charge in [-0.25, -0.2) is 4.79 Å². The number of hydrogen-bond donors (Lipinski definition) is 1. The minimum Gasteiger partial charge on any atom is -0.444 e. The molecule has 0 aliphatic heterocycles. The van der Waals surface area contributed by atoms with Crippen molar-refractivity contribution in [3.63, 3.8) is 0 Å². The Morgan fingerprint density at radius 1 is 1.43 bits per heavy atom. The van der Waals surface area contributed by atoms with Gasteiger partial charge in [-0.2, -0.15) is 5.10 Å². The van der Waals surface area contributed by atoms with Crippen LogP contribution >= 0.6 is 0 Å². The summed E-state index contributed by atoms with van der Waals surface area (Å²) >= 11 is 0. The second kappa shape index (κ2) is 6.60. The number of nitrogens with zero attached hydrogens (tertiary/aromatic N) is 3. The van der Waals surface area contributed by atoms with Crippen LogP contribution in [0.1, 0.15) is 40.7 Å². The number of nitrogens with one attached hydrogen (secondary N) is 1. The lowest BCUT2D eigenvalue weighted by atomic mass is 10.2. The molecule has 1 rings (SSSR count). The van der Waals surface area contributed by atoms with Crippen LogP contribution in [0.15, 0.2) is 12.4 Å². The number of rotatable bonds is 4. The van der Waals surface area contributed by atoms with E-state index in [4.69, 9.17) is 4.74 Å². The van der Waals surface area contributed by atoms with Gasteiger partial charge >= 0.3 is 6.09 Å². The zero-order chi connectivity index (χ0) is 16.2. The summed E-state index contributed by atoms with van der Waals surface area (Å²) < 4.78 is 6.92. The predicted octanol–water partition coefficient (Wildman–Crippen LogP) is 2.27. The standard InChI is InChI=1S/C14H24N4O3/c1-10(2)18-8-11(7-15-18)16-12(19)9-17(6)13(20)21-14(3,4)5/h7-8,10H,9H2,1-6H3,(H,16,19). The monoisotopic (exact) mass is 296 g/mol. The van der Waals surface area contributed by atoms with Crippen molar-refractivity contribution >= 4 is 17.7 Å². The maximum atomic E-state index is 11.9. The molecule has 1 heterocycles. The van der Waals surface area contributed by atoms with E-state index in [2.05, 4.69) is 10.4 Å². The molecule has 0 radical (unpaired) electrons. The summed E-state index contributed by atoms with van der Waals surface area (Å²) in [6.07, 6.45) is 2.79. The number of ether oxygens (including phenoxy) is 1. The molecule has 0 aliphatic carbocycles. The van der Waals surface area contributed by atoms with Gasteiger partial charge in [0.25, 0.3) is 0 Å². The zero-order valence-corrected chi connectivity index (χ0v) is 13.5. The summed E-state index contributed by atoms with van der Waals surface area (Å²) in [6, 6.07) is 0.222. The van der Waals surface area contributed by atoms with E-state index < -0.39 is 11.7 Å². The van der Waals surface area contributed by atoms with Crippen LogP contribution in [0.2, 0.25) is 0 Å². The first-order valence-electron chi connectivity index (χ1n) is 6.86. The summed E-state index contributed by atoms with van der Waals surface area (Å²) in [5, 5.41) is 6.82. The second-order valence-corrected chi connectivity index (χ2v) is 6.19. The Morgan fingerprint density at radius 3 is 2.52 bits per heavy atom. The van der Waals surface area contributed by atoms with Crippen LogP contribution in [0.4, 0.5) is 10.5 Å². The van der Waals surface area contributed by atoms with E-state index >= 15 is 0 Å². The lowest BCUT2D eigenvalue weighted by molar-refractivity contribution is -0.117. The lowest BCUT2D eigenvalue weighted by Gasteiger charge is -2.24. The molecule has 2 amide bonds. The smallest absolute Gasteiger partial charge is 0.410 e. The molecule has 21 heavy (non-hydrogen) atoms. The van der Waals surface area contributed by atoms with Crippen LogP contribution in [-0.2, 0) is 9.53 Å². The van der Waals surface area contributed by atoms with Crippen molar-refractivity contribution in [2.75, 3.05) is 18.9 Å². The van der Waals surface area contributed by atoms with Gasteiger partial charge in [0, 0.05) is 19.3 Å². The Hall–Kier alpha value is -2.05. The fourth-order valence-electron chi connectivity index (χ4n) is 1.51. The molecule has 7 heteroatoms. The van der Waals surface area contributed by atoms with Gasteiger partial charge in [-0.1, -0.05) is 0 Å². The number of anilines is 1. The Labute approximate surface area is 125 Å². The van der Waals surface area contributed by atoms with Gasteiger partial charge in [-0.15, -0.1) is 0 Å². The molecule has 7 nitrogen and oxygen atoms in total. The molecule has 1 aromatic heterocycles. The normalized spacial score (nSPS) is 11.4.